The molecule has 3 unspecified atom stereocenters. The molecule has 0 amide bonds. The third-order valence-corrected chi connectivity index (χ3v) is 6.65. The van der Waals surface area contributed by atoms with Gasteiger partial charge in [0.15, 0.2) is 0 Å². The van der Waals surface area contributed by atoms with Crippen LogP contribution in [0.2, 0.25) is 0 Å². The molecule has 1 aliphatic rings. The van der Waals surface area contributed by atoms with Crippen LogP contribution in [-0.2, 0) is 20.6 Å². The minimum atomic E-state index is -3.01. The monoisotopic (exact) mass is 309 g/mol. The summed E-state index contributed by atoms with van der Waals surface area (Å²) in [4.78, 5) is 0. The highest BCUT2D eigenvalue weighted by atomic mass is 32.2. The summed E-state index contributed by atoms with van der Waals surface area (Å²) in [5.74, 6) is 0.324. The molecule has 0 bridgehead atoms. The highest BCUT2D eigenvalue weighted by molar-refractivity contribution is 7.92. The fourth-order valence-electron chi connectivity index (χ4n) is 2.54. The van der Waals surface area contributed by atoms with Crippen LogP contribution in [0.5, 0.6) is 0 Å². The first-order chi connectivity index (χ1) is 8.94. The van der Waals surface area contributed by atoms with Crippen molar-refractivity contribution in [1.29, 1.82) is 0 Å². The molecule has 1 saturated carbocycles. The summed E-state index contributed by atoms with van der Waals surface area (Å²) in [6.45, 7) is 3.07. The van der Waals surface area contributed by atoms with Crippen molar-refractivity contribution in [3.05, 3.63) is 0 Å². The molecule has 0 radical (unpaired) electrons. The molecule has 1 fully saturated rings. The molecule has 4 nitrogen and oxygen atoms in total. The normalized spacial score (nSPS) is 26.8. The predicted molar refractivity (Wildman–Crippen MR) is 81.7 cm³/mol. The average Bonchev–Trinajstić information content (AvgIpc) is 2.57. The molecule has 1 N–H and O–H groups in total. The van der Waals surface area contributed by atoms with Gasteiger partial charge in [0, 0.05) is 28.9 Å². The smallest absolute Gasteiger partial charge is 0.148 e. The Bertz CT molecular complexity index is 381. The maximum absolute atomic E-state index is 12.4. The lowest BCUT2D eigenvalue weighted by Gasteiger charge is -2.25. The van der Waals surface area contributed by atoms with Crippen molar-refractivity contribution in [1.82, 2.24) is 5.32 Å². The largest absolute Gasteiger partial charge is 0.313 e. The molecule has 0 heterocycles. The Morgan fingerprint density at radius 1 is 1.21 bits per heavy atom. The molecule has 1 aliphatic carbocycles. The van der Waals surface area contributed by atoms with Crippen molar-refractivity contribution < 1.29 is 12.6 Å². The molecule has 19 heavy (non-hydrogen) atoms. The van der Waals surface area contributed by atoms with Gasteiger partial charge in [-0.05, 0) is 25.8 Å². The zero-order valence-corrected chi connectivity index (χ0v) is 13.7. The Balaban J connectivity index is 2.59. The summed E-state index contributed by atoms with van der Waals surface area (Å²) in [6, 6.07) is 0.294. The fourth-order valence-corrected chi connectivity index (χ4v) is 5.74. The van der Waals surface area contributed by atoms with Gasteiger partial charge in [-0.25, -0.2) is 8.42 Å². The lowest BCUT2D eigenvalue weighted by molar-refractivity contribution is 0.463. The van der Waals surface area contributed by atoms with Gasteiger partial charge >= 0.3 is 0 Å². The molecular formula is C13H27NO3S2. The van der Waals surface area contributed by atoms with E-state index in [0.29, 0.717) is 6.04 Å². The van der Waals surface area contributed by atoms with E-state index in [-0.39, 0.29) is 16.8 Å². The molecule has 3 atom stereocenters. The molecule has 0 aromatic heterocycles. The lowest BCUT2D eigenvalue weighted by atomic mass is 10.1. The van der Waals surface area contributed by atoms with Crippen LogP contribution in [0.1, 0.15) is 45.4 Å². The van der Waals surface area contributed by atoms with E-state index < -0.39 is 20.6 Å². The van der Waals surface area contributed by atoms with Crippen LogP contribution in [0, 0.1) is 0 Å². The van der Waals surface area contributed by atoms with Gasteiger partial charge in [0.2, 0.25) is 0 Å². The summed E-state index contributed by atoms with van der Waals surface area (Å²) in [7, 11) is -4.05. The van der Waals surface area contributed by atoms with Crippen molar-refractivity contribution >= 4 is 20.6 Å². The van der Waals surface area contributed by atoms with E-state index in [2.05, 4.69) is 12.2 Å². The van der Waals surface area contributed by atoms with E-state index in [1.54, 1.807) is 0 Å². The first-order valence-electron chi connectivity index (χ1n) is 7.22. The van der Waals surface area contributed by atoms with Crippen LogP contribution in [0.3, 0.4) is 0 Å². The van der Waals surface area contributed by atoms with Crippen LogP contribution >= 0.6 is 0 Å². The molecule has 1 rings (SSSR count). The third-order valence-electron chi connectivity index (χ3n) is 3.60. The van der Waals surface area contributed by atoms with Crippen molar-refractivity contribution in [2.24, 2.45) is 0 Å². The van der Waals surface area contributed by atoms with Crippen LogP contribution in [0.15, 0.2) is 0 Å². The Kier molecular flexibility index (Phi) is 7.54. The second-order valence-electron chi connectivity index (χ2n) is 5.45. The summed E-state index contributed by atoms with van der Waals surface area (Å²) < 4.78 is 34.8. The van der Waals surface area contributed by atoms with Gasteiger partial charge in [0.25, 0.3) is 0 Å². The summed E-state index contributed by atoms with van der Waals surface area (Å²) in [5, 5.41) is 3.62. The number of hydrogen-bond donors (Lipinski definition) is 1. The number of nitrogens with one attached hydrogen (secondary N) is 1. The van der Waals surface area contributed by atoms with Gasteiger partial charge in [-0.1, -0.05) is 26.2 Å². The van der Waals surface area contributed by atoms with Crippen molar-refractivity contribution in [2.45, 2.75) is 56.7 Å². The van der Waals surface area contributed by atoms with Gasteiger partial charge in [-0.2, -0.15) is 0 Å². The molecular weight excluding hydrogens is 282 g/mol. The maximum atomic E-state index is 12.4. The van der Waals surface area contributed by atoms with Crippen LogP contribution in [-0.4, -0.2) is 48.2 Å². The number of sulfone groups is 1. The molecule has 0 aromatic carbocycles. The molecule has 0 spiro atoms. The second-order valence-corrected chi connectivity index (χ2v) is 9.49. The van der Waals surface area contributed by atoms with Gasteiger partial charge in [0.1, 0.15) is 9.84 Å². The van der Waals surface area contributed by atoms with Gasteiger partial charge < -0.3 is 5.32 Å². The zero-order valence-electron chi connectivity index (χ0n) is 12.1. The fraction of sp³-hybridized carbons (Fsp3) is 1.00. The van der Waals surface area contributed by atoms with E-state index in [1.807, 2.05) is 0 Å². The topological polar surface area (TPSA) is 63.2 Å². The SMILES string of the molecule is CCCNC1CCCCCC1S(=O)CCS(C)(=O)=O. The third kappa shape index (κ3) is 6.86. The summed E-state index contributed by atoms with van der Waals surface area (Å²) >= 11 is 0. The van der Waals surface area contributed by atoms with Crippen LogP contribution < -0.4 is 5.32 Å². The van der Waals surface area contributed by atoms with E-state index in [1.165, 1.54) is 19.1 Å². The first kappa shape index (κ1) is 17.1. The van der Waals surface area contributed by atoms with Crippen LogP contribution in [0.25, 0.3) is 0 Å². The number of hydrogen-bond acceptors (Lipinski definition) is 4. The van der Waals surface area contributed by atoms with Gasteiger partial charge in [-0.3, -0.25) is 4.21 Å². The predicted octanol–water partition coefficient (Wildman–Crippen LogP) is 1.48. The zero-order chi connectivity index (χ0) is 14.3. The van der Waals surface area contributed by atoms with Gasteiger partial charge in [0.05, 0.1) is 11.0 Å². The summed E-state index contributed by atoms with van der Waals surface area (Å²) in [5.41, 5.74) is 0. The average molecular weight is 309 g/mol. The van der Waals surface area contributed by atoms with E-state index in [0.717, 1.165) is 32.2 Å². The molecule has 0 saturated heterocycles. The molecule has 114 valence electrons. The summed E-state index contributed by atoms with van der Waals surface area (Å²) in [6.07, 6.45) is 7.79. The lowest BCUT2D eigenvalue weighted by Crippen LogP contribution is -2.43. The maximum Gasteiger partial charge on any atom is 0.148 e. The van der Waals surface area contributed by atoms with Crippen molar-refractivity contribution in [3.63, 3.8) is 0 Å². The Hall–Kier alpha value is 0.0600. The van der Waals surface area contributed by atoms with Crippen LogP contribution in [0.4, 0.5) is 0 Å². The quantitative estimate of drug-likeness (QED) is 0.724. The molecule has 0 aliphatic heterocycles. The standard InChI is InChI=1S/C13H27NO3S2/c1-3-9-14-12-7-5-4-6-8-13(12)18(15)10-11-19(2,16)17/h12-14H,3-11H2,1-2H3. The van der Waals surface area contributed by atoms with Crippen molar-refractivity contribution in [3.8, 4) is 0 Å². The number of rotatable bonds is 7. The van der Waals surface area contributed by atoms with Crippen molar-refractivity contribution in [2.75, 3.05) is 24.3 Å². The van der Waals surface area contributed by atoms with E-state index in [4.69, 9.17) is 0 Å². The Morgan fingerprint density at radius 2 is 1.89 bits per heavy atom. The Morgan fingerprint density at radius 3 is 2.53 bits per heavy atom. The highest BCUT2D eigenvalue weighted by Gasteiger charge is 2.28. The molecule has 0 aromatic rings. The van der Waals surface area contributed by atoms with Gasteiger partial charge in [-0.15, -0.1) is 0 Å². The highest BCUT2D eigenvalue weighted by Crippen LogP contribution is 2.22. The van der Waals surface area contributed by atoms with E-state index in [9.17, 15) is 12.6 Å². The second kappa shape index (κ2) is 8.37. The van der Waals surface area contributed by atoms with E-state index >= 15 is 0 Å². The minimum absolute atomic E-state index is 0.0383. The first-order valence-corrected chi connectivity index (χ1v) is 10.7. The molecule has 6 heteroatoms. The minimum Gasteiger partial charge on any atom is -0.313 e. The Labute approximate surface area is 120 Å².